The Balaban J connectivity index is 1.26. The number of aromatic nitrogens is 3. The Morgan fingerprint density at radius 3 is 2.58 bits per heavy atom. The first kappa shape index (κ1) is 23.7. The number of pyridine rings is 1. The third-order valence-corrected chi connectivity index (χ3v) is 7.06. The summed E-state index contributed by atoms with van der Waals surface area (Å²) in [6.45, 7) is 0. The Bertz CT molecular complexity index is 1530. The van der Waals surface area contributed by atoms with Gasteiger partial charge in [0.2, 0.25) is 5.91 Å². The second kappa shape index (κ2) is 10.3. The van der Waals surface area contributed by atoms with Gasteiger partial charge < -0.3 is 20.1 Å². The second-order valence-corrected chi connectivity index (χ2v) is 9.81. The molecule has 0 saturated heterocycles. The summed E-state index contributed by atoms with van der Waals surface area (Å²) in [4.78, 5) is 24.5. The van der Waals surface area contributed by atoms with Crippen LogP contribution in [0.15, 0.2) is 85.5 Å². The van der Waals surface area contributed by atoms with E-state index >= 15 is 0 Å². The van der Waals surface area contributed by atoms with E-state index in [9.17, 15) is 4.79 Å². The normalized spacial score (nSPS) is 10.8. The number of hydrogen-bond donors (Lipinski definition) is 2. The lowest BCUT2D eigenvalue weighted by atomic mass is 10.1. The Labute approximate surface area is 218 Å². The summed E-state index contributed by atoms with van der Waals surface area (Å²) in [5.74, 6) is -0.155. The zero-order valence-corrected chi connectivity index (χ0v) is 21.4. The number of carbonyl (C=O) groups is 1. The monoisotopic (exact) mass is 512 g/mol. The highest BCUT2D eigenvalue weighted by atomic mass is 32.1. The largest absolute Gasteiger partial charge is 0.343 e. The first-order chi connectivity index (χ1) is 17.5. The number of aryl methyl sites for hydroxylation is 1. The van der Waals surface area contributed by atoms with Crippen molar-refractivity contribution in [2.45, 2.75) is 6.42 Å². The van der Waals surface area contributed by atoms with E-state index in [1.165, 1.54) is 0 Å². The molecule has 7 nitrogen and oxygen atoms in total. The number of imidazole rings is 1. The highest BCUT2D eigenvalue weighted by Crippen LogP contribution is 2.39. The van der Waals surface area contributed by atoms with E-state index in [1.54, 1.807) is 17.7 Å². The summed E-state index contributed by atoms with van der Waals surface area (Å²) in [6, 6.07) is 21.6. The Kier molecular flexibility index (Phi) is 6.75. The maximum absolute atomic E-state index is 12.3. The molecule has 0 bridgehead atoms. The van der Waals surface area contributed by atoms with Crippen molar-refractivity contribution in [1.29, 1.82) is 0 Å². The minimum absolute atomic E-state index is 0.155. The molecule has 0 aliphatic rings. The fourth-order valence-electron chi connectivity index (χ4n) is 3.88. The molecular formula is C27H24N6OS2. The van der Waals surface area contributed by atoms with E-state index in [2.05, 4.69) is 31.6 Å². The van der Waals surface area contributed by atoms with Crippen molar-refractivity contribution in [3.05, 3.63) is 91.0 Å². The maximum Gasteiger partial charge on any atom is 0.230 e. The molecule has 0 atom stereocenters. The number of amides is 1. The van der Waals surface area contributed by atoms with Crippen molar-refractivity contribution in [3.8, 4) is 10.6 Å². The van der Waals surface area contributed by atoms with Gasteiger partial charge in [-0.2, -0.15) is 0 Å². The molecule has 0 saturated carbocycles. The van der Waals surface area contributed by atoms with Crippen LogP contribution >= 0.6 is 23.6 Å². The van der Waals surface area contributed by atoms with Crippen LogP contribution in [-0.4, -0.2) is 32.6 Å². The minimum Gasteiger partial charge on any atom is -0.343 e. The van der Waals surface area contributed by atoms with E-state index < -0.39 is 0 Å². The molecule has 0 unspecified atom stereocenters. The van der Waals surface area contributed by atoms with Gasteiger partial charge in [0.15, 0.2) is 5.11 Å². The standard InChI is InChI=1S/C27H24N6OS2/c1-32-16-22(29-17-32)24-15-21-26(36-24)23(12-13-28-21)33(2)20-10-8-19(9-11-20)30-27(35)31-25(34)14-18-6-4-3-5-7-18/h3-13,15-17H,14H2,1-2H3,(H2,30,31,34,35). The minimum atomic E-state index is -0.155. The van der Waals surface area contributed by atoms with Gasteiger partial charge in [-0.15, -0.1) is 11.3 Å². The molecule has 9 heteroatoms. The topological polar surface area (TPSA) is 75.1 Å². The molecular weight excluding hydrogens is 488 g/mol. The van der Waals surface area contributed by atoms with E-state index in [1.807, 2.05) is 91.7 Å². The highest BCUT2D eigenvalue weighted by Gasteiger charge is 2.14. The van der Waals surface area contributed by atoms with Crippen molar-refractivity contribution in [2.75, 3.05) is 17.3 Å². The number of anilines is 3. The maximum atomic E-state index is 12.3. The van der Waals surface area contributed by atoms with Crippen LogP contribution < -0.4 is 15.5 Å². The number of fused-ring (bicyclic) bond motifs is 1. The molecule has 0 spiro atoms. The van der Waals surface area contributed by atoms with Crippen molar-refractivity contribution in [3.63, 3.8) is 0 Å². The Morgan fingerprint density at radius 2 is 1.86 bits per heavy atom. The van der Waals surface area contributed by atoms with Crippen molar-refractivity contribution in [1.82, 2.24) is 19.9 Å². The molecule has 3 heterocycles. The van der Waals surface area contributed by atoms with Crippen molar-refractivity contribution in [2.24, 2.45) is 7.05 Å². The number of nitrogens with zero attached hydrogens (tertiary/aromatic N) is 4. The zero-order valence-electron chi connectivity index (χ0n) is 19.8. The van der Waals surface area contributed by atoms with Crippen LogP contribution in [0.1, 0.15) is 5.56 Å². The van der Waals surface area contributed by atoms with Gasteiger partial charge in [0.05, 0.1) is 39.2 Å². The number of thiophene rings is 1. The molecule has 0 radical (unpaired) electrons. The molecule has 3 aromatic heterocycles. The van der Waals surface area contributed by atoms with Crippen LogP contribution in [0.3, 0.4) is 0 Å². The molecule has 180 valence electrons. The van der Waals surface area contributed by atoms with Gasteiger partial charge in [-0.25, -0.2) is 4.98 Å². The van der Waals surface area contributed by atoms with Gasteiger partial charge in [0.25, 0.3) is 0 Å². The van der Waals surface area contributed by atoms with Gasteiger partial charge in [-0.1, -0.05) is 30.3 Å². The van der Waals surface area contributed by atoms with Crippen LogP contribution in [0, 0.1) is 0 Å². The smallest absolute Gasteiger partial charge is 0.230 e. The Morgan fingerprint density at radius 1 is 1.08 bits per heavy atom. The van der Waals surface area contributed by atoms with E-state index in [0.29, 0.717) is 0 Å². The molecule has 0 aliphatic heterocycles. The second-order valence-electron chi connectivity index (χ2n) is 8.35. The quantitative estimate of drug-likeness (QED) is 0.292. The zero-order chi connectivity index (χ0) is 25.1. The summed E-state index contributed by atoms with van der Waals surface area (Å²) in [7, 11) is 4.00. The fraction of sp³-hybridized carbons (Fsp3) is 0.111. The molecule has 2 aromatic carbocycles. The number of thiocarbonyl (C=S) groups is 1. The fourth-order valence-corrected chi connectivity index (χ4v) is 5.23. The summed E-state index contributed by atoms with van der Waals surface area (Å²) < 4.78 is 3.04. The van der Waals surface area contributed by atoms with E-state index in [0.717, 1.165) is 43.4 Å². The van der Waals surface area contributed by atoms with E-state index in [4.69, 9.17) is 12.2 Å². The average molecular weight is 513 g/mol. The number of hydrogen-bond acceptors (Lipinski definition) is 6. The molecule has 36 heavy (non-hydrogen) atoms. The summed E-state index contributed by atoms with van der Waals surface area (Å²) in [5.41, 5.74) is 5.70. The predicted molar refractivity (Wildman–Crippen MR) is 151 cm³/mol. The van der Waals surface area contributed by atoms with Crippen LogP contribution in [0.5, 0.6) is 0 Å². The summed E-state index contributed by atoms with van der Waals surface area (Å²) in [6.07, 6.45) is 5.91. The molecule has 5 aromatic rings. The first-order valence-corrected chi connectivity index (χ1v) is 12.5. The van der Waals surface area contributed by atoms with Gasteiger partial charge in [-0.3, -0.25) is 9.78 Å². The van der Waals surface area contributed by atoms with Gasteiger partial charge in [0.1, 0.15) is 0 Å². The average Bonchev–Trinajstić information content (AvgIpc) is 3.50. The molecule has 2 N–H and O–H groups in total. The third kappa shape index (κ3) is 5.27. The van der Waals surface area contributed by atoms with Crippen LogP contribution in [0.4, 0.5) is 17.1 Å². The lowest BCUT2D eigenvalue weighted by molar-refractivity contribution is -0.119. The lowest BCUT2D eigenvalue weighted by Gasteiger charge is -2.20. The van der Waals surface area contributed by atoms with Crippen LogP contribution in [0.25, 0.3) is 20.8 Å². The summed E-state index contributed by atoms with van der Waals surface area (Å²) >= 11 is 7.00. The van der Waals surface area contributed by atoms with Crippen molar-refractivity contribution < 1.29 is 4.79 Å². The first-order valence-electron chi connectivity index (χ1n) is 11.3. The number of benzene rings is 2. The summed E-state index contributed by atoms with van der Waals surface area (Å²) in [5, 5.41) is 6.09. The number of nitrogens with one attached hydrogen (secondary N) is 2. The van der Waals surface area contributed by atoms with Gasteiger partial charge in [-0.05, 0) is 54.2 Å². The SMILES string of the molecule is CN(c1ccc(NC(=S)NC(=O)Cc2ccccc2)cc1)c1ccnc2cc(-c3cn(C)cn3)sc12. The van der Waals surface area contributed by atoms with Gasteiger partial charge >= 0.3 is 0 Å². The van der Waals surface area contributed by atoms with Crippen LogP contribution in [0.2, 0.25) is 0 Å². The molecule has 5 rings (SSSR count). The van der Waals surface area contributed by atoms with E-state index in [-0.39, 0.29) is 17.4 Å². The van der Waals surface area contributed by atoms with Crippen molar-refractivity contribution >= 4 is 61.9 Å². The third-order valence-electron chi connectivity index (χ3n) is 5.68. The molecule has 0 aliphatic carbocycles. The Hall–Kier alpha value is -4.08. The number of rotatable bonds is 6. The predicted octanol–water partition coefficient (Wildman–Crippen LogP) is 5.52. The van der Waals surface area contributed by atoms with Gasteiger partial charge in [0, 0.05) is 37.9 Å². The highest BCUT2D eigenvalue weighted by molar-refractivity contribution is 7.80. The number of carbonyl (C=O) groups excluding carboxylic acids is 1. The molecule has 0 fully saturated rings. The molecule has 1 amide bonds. The lowest BCUT2D eigenvalue weighted by Crippen LogP contribution is -2.35. The van der Waals surface area contributed by atoms with Crippen LogP contribution in [-0.2, 0) is 18.3 Å².